The molecule has 1 amide bonds. The van der Waals surface area contributed by atoms with E-state index in [1.54, 1.807) is 37.3 Å². The van der Waals surface area contributed by atoms with Crippen LogP contribution in [0.25, 0.3) is 0 Å². The van der Waals surface area contributed by atoms with E-state index in [4.69, 9.17) is 21.1 Å². The molecule has 1 aliphatic rings. The Morgan fingerprint density at radius 1 is 0.974 bits per heavy atom. The maximum Gasteiger partial charge on any atom is 0.261 e. The number of nitrogens with zero attached hydrogens (tertiary/aromatic N) is 1. The number of hydrogen-bond donors (Lipinski definition) is 2. The van der Waals surface area contributed by atoms with E-state index in [2.05, 4.69) is 10.0 Å². The Morgan fingerprint density at radius 2 is 1.68 bits per heavy atom. The van der Waals surface area contributed by atoms with Gasteiger partial charge in [0.25, 0.3) is 10.0 Å². The number of aryl methyl sites for hydroxylation is 1. The minimum absolute atomic E-state index is 0.0161. The van der Waals surface area contributed by atoms with E-state index in [1.807, 2.05) is 0 Å². The van der Waals surface area contributed by atoms with Gasteiger partial charge in [-0.1, -0.05) is 17.7 Å². The fourth-order valence-corrected chi connectivity index (χ4v) is 6.01. The number of benzene rings is 3. The Labute approximate surface area is 226 Å². The first-order valence-electron chi connectivity index (χ1n) is 11.5. The van der Waals surface area contributed by atoms with E-state index >= 15 is 0 Å². The molecule has 0 aliphatic carbocycles. The van der Waals surface area contributed by atoms with Gasteiger partial charge in [-0.2, -0.15) is 0 Å². The van der Waals surface area contributed by atoms with Crippen LogP contribution < -0.4 is 23.8 Å². The number of amides is 1. The summed E-state index contributed by atoms with van der Waals surface area (Å²) in [7, 11) is -7.47. The number of hydrogen-bond acceptors (Lipinski definition) is 7. The first-order chi connectivity index (χ1) is 17.9. The van der Waals surface area contributed by atoms with E-state index in [1.165, 1.54) is 34.6 Å². The van der Waals surface area contributed by atoms with E-state index in [0.717, 1.165) is 11.8 Å². The van der Waals surface area contributed by atoms with Crippen LogP contribution in [-0.2, 0) is 24.8 Å². The minimum Gasteiger partial charge on any atom is -0.454 e. The van der Waals surface area contributed by atoms with Gasteiger partial charge in [0.15, 0.2) is 11.5 Å². The molecular weight excluding hydrogens is 554 g/mol. The highest BCUT2D eigenvalue weighted by atomic mass is 35.5. The summed E-state index contributed by atoms with van der Waals surface area (Å²) in [6.45, 7) is 1.91. The van der Waals surface area contributed by atoms with E-state index in [0.29, 0.717) is 33.6 Å². The van der Waals surface area contributed by atoms with Crippen molar-refractivity contribution >= 4 is 54.6 Å². The third-order valence-corrected chi connectivity index (χ3v) is 8.51. The number of carbonyl (C=O) groups is 1. The normalized spacial score (nSPS) is 12.7. The van der Waals surface area contributed by atoms with Crippen LogP contribution in [0.3, 0.4) is 0 Å². The summed E-state index contributed by atoms with van der Waals surface area (Å²) in [5.41, 5.74) is 1.91. The van der Waals surface area contributed by atoms with Gasteiger partial charge in [0.1, 0.15) is 0 Å². The second kappa shape index (κ2) is 11.1. The molecule has 0 atom stereocenters. The number of fused-ring (bicyclic) bond motifs is 1. The summed E-state index contributed by atoms with van der Waals surface area (Å²) in [6.07, 6.45) is 1.39. The molecule has 3 aromatic rings. The lowest BCUT2D eigenvalue weighted by Crippen LogP contribution is -2.31. The predicted molar refractivity (Wildman–Crippen MR) is 146 cm³/mol. The molecule has 4 rings (SSSR count). The molecule has 0 saturated carbocycles. The van der Waals surface area contributed by atoms with Crippen LogP contribution in [0, 0.1) is 6.92 Å². The Bertz CT molecular complexity index is 1560. The molecule has 0 saturated heterocycles. The second-order valence-electron chi connectivity index (χ2n) is 8.61. The van der Waals surface area contributed by atoms with Crippen LogP contribution >= 0.6 is 11.6 Å². The lowest BCUT2D eigenvalue weighted by atomic mass is 10.2. The lowest BCUT2D eigenvalue weighted by molar-refractivity contribution is -0.116. The Balaban J connectivity index is 1.34. The summed E-state index contributed by atoms with van der Waals surface area (Å²) < 4.78 is 64.5. The first-order valence-corrected chi connectivity index (χ1v) is 15.2. The number of nitrogens with one attached hydrogen (secondary N) is 2. The zero-order valence-corrected chi connectivity index (χ0v) is 23.0. The maximum atomic E-state index is 12.8. The molecule has 0 fully saturated rings. The number of carbonyl (C=O) groups excluding carboxylic acids is 1. The highest BCUT2D eigenvalue weighted by molar-refractivity contribution is 7.92. The molecule has 0 radical (unpaired) electrons. The molecule has 38 heavy (non-hydrogen) atoms. The molecule has 1 heterocycles. The van der Waals surface area contributed by atoms with Gasteiger partial charge in [0, 0.05) is 29.7 Å². The summed E-state index contributed by atoms with van der Waals surface area (Å²) in [4.78, 5) is 12.5. The van der Waals surface area contributed by atoms with Gasteiger partial charge in [0.05, 0.1) is 22.5 Å². The van der Waals surface area contributed by atoms with Gasteiger partial charge in [0.2, 0.25) is 22.7 Å². The molecule has 0 aromatic heterocycles. The van der Waals surface area contributed by atoms with Crippen LogP contribution in [-0.4, -0.2) is 42.3 Å². The SMILES string of the molecule is Cc1ccc(Cl)cc1NS(=O)(=O)c1ccc(NC(=O)CCCN(c2ccc3c(c2)OCO3)S(C)(=O)=O)cc1. The van der Waals surface area contributed by atoms with Gasteiger partial charge >= 0.3 is 0 Å². The molecule has 0 unspecified atom stereocenters. The summed E-state index contributed by atoms with van der Waals surface area (Å²) in [5.74, 6) is 0.653. The quantitative estimate of drug-likeness (QED) is 0.365. The van der Waals surface area contributed by atoms with Crippen molar-refractivity contribution in [2.45, 2.75) is 24.7 Å². The fraction of sp³-hybridized carbons (Fsp3) is 0.240. The Hall–Kier alpha value is -3.48. The molecule has 10 nitrogen and oxygen atoms in total. The van der Waals surface area contributed by atoms with Gasteiger partial charge in [-0.15, -0.1) is 0 Å². The van der Waals surface area contributed by atoms with Gasteiger partial charge in [-0.25, -0.2) is 16.8 Å². The van der Waals surface area contributed by atoms with Crippen molar-refractivity contribution in [3.8, 4) is 11.5 Å². The summed E-state index contributed by atoms with van der Waals surface area (Å²) in [5, 5.41) is 3.10. The van der Waals surface area contributed by atoms with Crippen LogP contribution in [0.1, 0.15) is 18.4 Å². The van der Waals surface area contributed by atoms with Crippen molar-refractivity contribution in [3.05, 3.63) is 71.2 Å². The summed E-state index contributed by atoms with van der Waals surface area (Å²) in [6, 6.07) is 15.5. The topological polar surface area (TPSA) is 131 Å². The average Bonchev–Trinajstić information content (AvgIpc) is 3.31. The molecule has 13 heteroatoms. The van der Waals surface area contributed by atoms with Crippen LogP contribution in [0.5, 0.6) is 11.5 Å². The monoisotopic (exact) mass is 579 g/mol. The average molecular weight is 580 g/mol. The van der Waals surface area contributed by atoms with Crippen LogP contribution in [0.15, 0.2) is 65.6 Å². The standard InChI is InChI=1S/C25H26ClN3O7S2/c1-17-5-6-18(26)14-22(17)28-38(33,34)21-10-7-19(8-11-21)27-25(30)4-3-13-29(37(2,31)32)20-9-12-23-24(15-20)36-16-35-23/h5-12,14-15,28H,3-4,13,16H2,1-2H3,(H,27,30). The molecule has 1 aliphatic heterocycles. The van der Waals surface area contributed by atoms with Crippen molar-refractivity contribution in [2.75, 3.05) is 33.9 Å². The van der Waals surface area contributed by atoms with E-state index in [-0.39, 0.29) is 37.0 Å². The van der Waals surface area contributed by atoms with Crippen LogP contribution in [0.2, 0.25) is 5.02 Å². The predicted octanol–water partition coefficient (Wildman–Crippen LogP) is 4.36. The van der Waals surface area contributed by atoms with E-state index in [9.17, 15) is 21.6 Å². The fourth-order valence-electron chi connectivity index (χ4n) is 3.76. The van der Waals surface area contributed by atoms with Crippen molar-refractivity contribution in [1.82, 2.24) is 0 Å². The molecule has 2 N–H and O–H groups in total. The van der Waals surface area contributed by atoms with Crippen molar-refractivity contribution in [3.63, 3.8) is 0 Å². The smallest absolute Gasteiger partial charge is 0.261 e. The molecule has 202 valence electrons. The molecule has 0 bridgehead atoms. The number of ether oxygens (including phenoxy) is 2. The Kier molecular flexibility index (Phi) is 8.05. The third kappa shape index (κ3) is 6.69. The largest absolute Gasteiger partial charge is 0.454 e. The highest BCUT2D eigenvalue weighted by Gasteiger charge is 2.22. The van der Waals surface area contributed by atoms with Crippen molar-refractivity contribution < 1.29 is 31.1 Å². The molecule has 0 spiro atoms. The van der Waals surface area contributed by atoms with Gasteiger partial charge in [-0.05, 0) is 67.4 Å². The molecule has 3 aromatic carbocycles. The Morgan fingerprint density at radius 3 is 2.39 bits per heavy atom. The number of sulfonamides is 2. The van der Waals surface area contributed by atoms with Crippen LogP contribution in [0.4, 0.5) is 17.1 Å². The van der Waals surface area contributed by atoms with Crippen molar-refractivity contribution in [1.29, 1.82) is 0 Å². The van der Waals surface area contributed by atoms with Gasteiger partial charge < -0.3 is 14.8 Å². The highest BCUT2D eigenvalue weighted by Crippen LogP contribution is 2.36. The van der Waals surface area contributed by atoms with Crippen molar-refractivity contribution in [2.24, 2.45) is 0 Å². The zero-order chi connectivity index (χ0) is 27.5. The van der Waals surface area contributed by atoms with E-state index < -0.39 is 20.0 Å². The lowest BCUT2D eigenvalue weighted by Gasteiger charge is -2.22. The number of anilines is 3. The first kappa shape index (κ1) is 27.6. The third-order valence-electron chi connectivity index (χ3n) is 5.70. The minimum atomic E-state index is -3.87. The number of halogens is 1. The maximum absolute atomic E-state index is 12.8. The second-order valence-corrected chi connectivity index (χ2v) is 12.6. The summed E-state index contributed by atoms with van der Waals surface area (Å²) >= 11 is 5.97. The number of rotatable bonds is 10. The molecular formula is C25H26ClN3O7S2. The van der Waals surface area contributed by atoms with Gasteiger partial charge in [-0.3, -0.25) is 13.8 Å². The zero-order valence-electron chi connectivity index (χ0n) is 20.6.